The van der Waals surface area contributed by atoms with Crippen molar-refractivity contribution >= 4 is 29.1 Å². The number of nitrogens with one attached hydrogen (secondary N) is 2. The molecule has 2 aromatic carbocycles. The minimum atomic E-state index is -0.281. The van der Waals surface area contributed by atoms with Crippen LogP contribution in [-0.2, 0) is 6.42 Å². The van der Waals surface area contributed by atoms with Crippen LogP contribution in [0.15, 0.2) is 54.6 Å². The van der Waals surface area contributed by atoms with E-state index in [1.54, 1.807) is 24.3 Å². The summed E-state index contributed by atoms with van der Waals surface area (Å²) in [4.78, 5) is 21.3. The van der Waals surface area contributed by atoms with Crippen LogP contribution in [0.2, 0.25) is 5.02 Å². The van der Waals surface area contributed by atoms with Crippen molar-refractivity contribution in [2.45, 2.75) is 20.3 Å². The molecule has 0 aliphatic carbocycles. The summed E-state index contributed by atoms with van der Waals surface area (Å²) in [5.74, 6) is 0.168. The summed E-state index contributed by atoms with van der Waals surface area (Å²) in [6.07, 6.45) is 0.851. The summed E-state index contributed by atoms with van der Waals surface area (Å²) in [5.41, 5.74) is 3.88. The minimum absolute atomic E-state index is 0.281. The molecule has 2 N–H and O–H groups in total. The predicted octanol–water partition coefficient (Wildman–Crippen LogP) is 4.65. The largest absolute Gasteiger partial charge is 0.354 e. The van der Waals surface area contributed by atoms with Crippen molar-refractivity contribution in [3.8, 4) is 0 Å². The fourth-order valence-electron chi connectivity index (χ4n) is 2.68. The molecule has 0 spiro atoms. The van der Waals surface area contributed by atoms with Gasteiger partial charge < -0.3 is 10.6 Å². The Morgan fingerprint density at radius 2 is 1.81 bits per heavy atom. The first-order valence-electron chi connectivity index (χ1n) is 8.72. The lowest BCUT2D eigenvalue weighted by atomic mass is 10.1. The molecule has 0 aliphatic rings. The number of amides is 1. The van der Waals surface area contributed by atoms with Crippen molar-refractivity contribution in [1.82, 2.24) is 9.97 Å². The maximum Gasteiger partial charge on any atom is 0.274 e. The molecule has 1 heterocycles. The summed E-state index contributed by atoms with van der Waals surface area (Å²) < 4.78 is 0. The van der Waals surface area contributed by atoms with Crippen molar-refractivity contribution in [1.29, 1.82) is 0 Å². The average Bonchev–Trinajstić information content (AvgIpc) is 2.64. The third kappa shape index (κ3) is 5.28. The van der Waals surface area contributed by atoms with Gasteiger partial charge in [-0.3, -0.25) is 4.79 Å². The molecule has 1 aromatic heterocycles. The second kappa shape index (κ2) is 8.64. The SMILES string of the molecule is Cc1cc(C(=O)Nc2ccc(Cl)cc2C)nc(NCCc2ccccc2)n1. The van der Waals surface area contributed by atoms with Crippen molar-refractivity contribution in [3.05, 3.63) is 82.1 Å². The highest BCUT2D eigenvalue weighted by Gasteiger charge is 2.12. The lowest BCUT2D eigenvalue weighted by Gasteiger charge is -2.10. The summed E-state index contributed by atoms with van der Waals surface area (Å²) in [6, 6.07) is 17.2. The van der Waals surface area contributed by atoms with E-state index in [0.29, 0.717) is 28.9 Å². The molecule has 0 saturated carbocycles. The maximum atomic E-state index is 12.6. The number of aryl methyl sites for hydroxylation is 2. The summed E-state index contributed by atoms with van der Waals surface area (Å²) >= 11 is 5.96. The van der Waals surface area contributed by atoms with E-state index >= 15 is 0 Å². The van der Waals surface area contributed by atoms with Crippen LogP contribution < -0.4 is 10.6 Å². The molecule has 0 radical (unpaired) electrons. The number of nitrogens with zero attached hydrogens (tertiary/aromatic N) is 2. The standard InChI is InChI=1S/C21H21ClN4O/c1-14-12-17(22)8-9-18(14)25-20(27)19-13-15(2)24-21(26-19)23-11-10-16-6-4-3-5-7-16/h3-9,12-13H,10-11H2,1-2H3,(H,25,27)(H,23,24,26). The molecule has 3 aromatic rings. The van der Waals surface area contributed by atoms with E-state index in [2.05, 4.69) is 32.7 Å². The van der Waals surface area contributed by atoms with E-state index in [1.807, 2.05) is 32.0 Å². The van der Waals surface area contributed by atoms with Crippen LogP contribution in [0.25, 0.3) is 0 Å². The molecule has 3 rings (SSSR count). The van der Waals surface area contributed by atoms with E-state index in [0.717, 1.165) is 17.7 Å². The van der Waals surface area contributed by atoms with Gasteiger partial charge in [-0.15, -0.1) is 0 Å². The molecule has 0 unspecified atom stereocenters. The Labute approximate surface area is 163 Å². The highest BCUT2D eigenvalue weighted by Crippen LogP contribution is 2.20. The number of hydrogen-bond acceptors (Lipinski definition) is 4. The highest BCUT2D eigenvalue weighted by molar-refractivity contribution is 6.30. The van der Waals surface area contributed by atoms with Gasteiger partial charge in [0.25, 0.3) is 5.91 Å². The van der Waals surface area contributed by atoms with Crippen LogP contribution >= 0.6 is 11.6 Å². The Morgan fingerprint density at radius 1 is 1.04 bits per heavy atom. The zero-order valence-electron chi connectivity index (χ0n) is 15.3. The highest BCUT2D eigenvalue weighted by atomic mass is 35.5. The normalized spacial score (nSPS) is 10.5. The number of carbonyl (C=O) groups excluding carboxylic acids is 1. The molecular formula is C21H21ClN4O. The number of aromatic nitrogens is 2. The van der Waals surface area contributed by atoms with Gasteiger partial charge in [-0.1, -0.05) is 41.9 Å². The predicted molar refractivity (Wildman–Crippen MR) is 110 cm³/mol. The second-order valence-corrected chi connectivity index (χ2v) is 6.73. The zero-order valence-corrected chi connectivity index (χ0v) is 16.0. The Hall–Kier alpha value is -2.92. The molecular weight excluding hydrogens is 360 g/mol. The van der Waals surface area contributed by atoms with E-state index < -0.39 is 0 Å². The monoisotopic (exact) mass is 380 g/mol. The number of anilines is 2. The Morgan fingerprint density at radius 3 is 2.56 bits per heavy atom. The molecule has 0 bridgehead atoms. The molecule has 0 fully saturated rings. The van der Waals surface area contributed by atoms with Gasteiger partial charge in [0.2, 0.25) is 5.95 Å². The van der Waals surface area contributed by atoms with Crippen LogP contribution in [0.3, 0.4) is 0 Å². The van der Waals surface area contributed by atoms with Crippen LogP contribution in [0.4, 0.5) is 11.6 Å². The summed E-state index contributed by atoms with van der Waals surface area (Å²) in [7, 11) is 0. The van der Waals surface area contributed by atoms with Gasteiger partial charge in [-0.05, 0) is 55.7 Å². The van der Waals surface area contributed by atoms with Gasteiger partial charge in [0.05, 0.1) is 0 Å². The number of benzene rings is 2. The maximum absolute atomic E-state index is 12.6. The third-order valence-electron chi connectivity index (χ3n) is 4.06. The van der Waals surface area contributed by atoms with E-state index in [1.165, 1.54) is 5.56 Å². The van der Waals surface area contributed by atoms with Crippen LogP contribution in [0.5, 0.6) is 0 Å². The van der Waals surface area contributed by atoms with Gasteiger partial charge in [0, 0.05) is 22.9 Å². The number of hydrogen-bond donors (Lipinski definition) is 2. The topological polar surface area (TPSA) is 66.9 Å². The Balaban J connectivity index is 1.67. The molecule has 0 atom stereocenters. The van der Waals surface area contributed by atoms with Gasteiger partial charge in [0.1, 0.15) is 5.69 Å². The lowest BCUT2D eigenvalue weighted by molar-refractivity contribution is 0.102. The Kier molecular flexibility index (Phi) is 6.04. The quantitative estimate of drug-likeness (QED) is 0.653. The Bertz CT molecular complexity index is 944. The number of halogens is 1. The molecule has 1 amide bonds. The van der Waals surface area contributed by atoms with Crippen molar-refractivity contribution in [2.75, 3.05) is 17.2 Å². The van der Waals surface area contributed by atoms with Crippen LogP contribution in [0.1, 0.15) is 27.3 Å². The molecule has 5 nitrogen and oxygen atoms in total. The summed E-state index contributed by atoms with van der Waals surface area (Å²) in [5, 5.41) is 6.70. The first-order valence-corrected chi connectivity index (χ1v) is 9.10. The molecule has 6 heteroatoms. The van der Waals surface area contributed by atoms with Crippen molar-refractivity contribution in [3.63, 3.8) is 0 Å². The van der Waals surface area contributed by atoms with Crippen LogP contribution in [-0.4, -0.2) is 22.4 Å². The zero-order chi connectivity index (χ0) is 19.2. The van der Waals surface area contributed by atoms with Crippen LogP contribution in [0, 0.1) is 13.8 Å². The number of rotatable bonds is 6. The fourth-order valence-corrected chi connectivity index (χ4v) is 2.91. The first-order chi connectivity index (χ1) is 13.0. The molecule has 27 heavy (non-hydrogen) atoms. The molecule has 0 aliphatic heterocycles. The van der Waals surface area contributed by atoms with Crippen molar-refractivity contribution in [2.24, 2.45) is 0 Å². The molecule has 138 valence electrons. The summed E-state index contributed by atoms with van der Waals surface area (Å²) in [6.45, 7) is 4.42. The lowest BCUT2D eigenvalue weighted by Crippen LogP contribution is -2.17. The van der Waals surface area contributed by atoms with Gasteiger partial charge in [-0.25, -0.2) is 9.97 Å². The minimum Gasteiger partial charge on any atom is -0.354 e. The second-order valence-electron chi connectivity index (χ2n) is 6.29. The van der Waals surface area contributed by atoms with E-state index in [4.69, 9.17) is 11.6 Å². The molecule has 0 saturated heterocycles. The van der Waals surface area contributed by atoms with Gasteiger partial charge in [-0.2, -0.15) is 0 Å². The van der Waals surface area contributed by atoms with Crippen molar-refractivity contribution < 1.29 is 4.79 Å². The van der Waals surface area contributed by atoms with E-state index in [-0.39, 0.29) is 5.91 Å². The number of carbonyl (C=O) groups is 1. The van der Waals surface area contributed by atoms with E-state index in [9.17, 15) is 4.79 Å². The van der Waals surface area contributed by atoms with Gasteiger partial charge >= 0.3 is 0 Å². The third-order valence-corrected chi connectivity index (χ3v) is 4.30. The fraction of sp³-hybridized carbons (Fsp3) is 0.190. The average molecular weight is 381 g/mol. The van der Waals surface area contributed by atoms with Gasteiger partial charge in [0.15, 0.2) is 0 Å². The first kappa shape index (κ1) is 18.9. The smallest absolute Gasteiger partial charge is 0.274 e.